The minimum Gasteiger partial charge on any atom is -0.368 e. The quantitative estimate of drug-likeness (QED) is 0.817. The first-order chi connectivity index (χ1) is 12.0. The molecule has 3 atom stereocenters. The maximum absolute atomic E-state index is 12.8. The molecule has 0 aromatic heterocycles. The highest BCUT2D eigenvalue weighted by Crippen LogP contribution is 2.29. The zero-order chi connectivity index (χ0) is 18.0. The summed E-state index contributed by atoms with van der Waals surface area (Å²) >= 11 is 0. The van der Waals surface area contributed by atoms with Gasteiger partial charge in [-0.15, -0.1) is 0 Å². The van der Waals surface area contributed by atoms with E-state index in [1.54, 1.807) is 31.2 Å². The van der Waals surface area contributed by atoms with E-state index in [0.717, 1.165) is 10.5 Å². The molecule has 1 aliphatic rings. The second-order valence-corrected chi connectivity index (χ2v) is 6.05. The zero-order valence-electron chi connectivity index (χ0n) is 13.8. The summed E-state index contributed by atoms with van der Waals surface area (Å²) in [5, 5.41) is 2.64. The molecule has 1 fully saturated rings. The number of urea groups is 1. The molecule has 2 aromatic rings. The SMILES string of the molecule is C[C@@H](c1ccccc1)[C@@H](C(N)=O)N1C(=O)N[C@H](c2ccccc2)C1=O. The standard InChI is InChI=1S/C19H19N3O3/c1-12(13-8-4-2-5-9-13)16(17(20)23)22-18(24)15(21-19(22)25)14-10-6-3-7-11-14/h2-12,15-16H,1H3,(H2,20,23)(H,21,25)/t12-,15+,16-/m0/s1. The molecule has 2 aromatic carbocycles. The second-order valence-electron chi connectivity index (χ2n) is 6.05. The smallest absolute Gasteiger partial charge is 0.325 e. The number of benzene rings is 2. The second kappa shape index (κ2) is 6.76. The number of rotatable bonds is 5. The van der Waals surface area contributed by atoms with Gasteiger partial charge in [0.15, 0.2) is 0 Å². The fraction of sp³-hybridized carbons (Fsp3) is 0.211. The first-order valence-corrected chi connectivity index (χ1v) is 8.03. The summed E-state index contributed by atoms with van der Waals surface area (Å²) in [7, 11) is 0. The number of carbonyl (C=O) groups excluding carboxylic acids is 3. The van der Waals surface area contributed by atoms with Crippen LogP contribution in [0.5, 0.6) is 0 Å². The lowest BCUT2D eigenvalue weighted by molar-refractivity contribution is -0.135. The van der Waals surface area contributed by atoms with Crippen LogP contribution >= 0.6 is 0 Å². The van der Waals surface area contributed by atoms with Gasteiger partial charge in [-0.05, 0) is 11.1 Å². The summed E-state index contributed by atoms with van der Waals surface area (Å²) in [5.74, 6) is -1.60. The Morgan fingerprint density at radius 2 is 1.60 bits per heavy atom. The van der Waals surface area contributed by atoms with Crippen LogP contribution in [0, 0.1) is 0 Å². The molecule has 0 unspecified atom stereocenters. The van der Waals surface area contributed by atoms with E-state index in [1.807, 2.05) is 36.4 Å². The van der Waals surface area contributed by atoms with Crippen LogP contribution in [0.2, 0.25) is 0 Å². The van der Waals surface area contributed by atoms with E-state index in [-0.39, 0.29) is 0 Å². The number of hydrogen-bond acceptors (Lipinski definition) is 3. The van der Waals surface area contributed by atoms with Crippen molar-refractivity contribution in [1.29, 1.82) is 0 Å². The summed E-state index contributed by atoms with van der Waals surface area (Å²) in [6, 6.07) is 15.7. The van der Waals surface area contributed by atoms with E-state index < -0.39 is 35.8 Å². The van der Waals surface area contributed by atoms with Crippen LogP contribution in [0.1, 0.15) is 30.0 Å². The van der Waals surface area contributed by atoms with Crippen LogP contribution < -0.4 is 11.1 Å². The fourth-order valence-electron chi connectivity index (χ4n) is 3.16. The van der Waals surface area contributed by atoms with Crippen molar-refractivity contribution < 1.29 is 14.4 Å². The van der Waals surface area contributed by atoms with Crippen molar-refractivity contribution in [3.05, 3.63) is 71.8 Å². The molecule has 6 heteroatoms. The minimum atomic E-state index is -1.05. The van der Waals surface area contributed by atoms with Gasteiger partial charge in [0, 0.05) is 5.92 Å². The molecule has 128 valence electrons. The average Bonchev–Trinajstić information content (AvgIpc) is 2.91. The molecule has 0 radical (unpaired) electrons. The molecule has 1 heterocycles. The average molecular weight is 337 g/mol. The molecule has 0 saturated carbocycles. The number of nitrogens with zero attached hydrogens (tertiary/aromatic N) is 1. The Bertz CT molecular complexity index is 792. The molecule has 0 spiro atoms. The van der Waals surface area contributed by atoms with Gasteiger partial charge in [0.1, 0.15) is 12.1 Å². The number of primary amides is 1. The van der Waals surface area contributed by atoms with Gasteiger partial charge < -0.3 is 11.1 Å². The lowest BCUT2D eigenvalue weighted by Gasteiger charge is -2.28. The summed E-state index contributed by atoms with van der Waals surface area (Å²) in [6.45, 7) is 1.78. The lowest BCUT2D eigenvalue weighted by Crippen LogP contribution is -2.51. The van der Waals surface area contributed by atoms with Gasteiger partial charge in [0.25, 0.3) is 5.91 Å². The topological polar surface area (TPSA) is 92.5 Å². The molecule has 3 N–H and O–H groups in total. The monoisotopic (exact) mass is 337 g/mol. The van der Waals surface area contributed by atoms with Crippen molar-refractivity contribution in [2.45, 2.75) is 24.9 Å². The largest absolute Gasteiger partial charge is 0.368 e. The van der Waals surface area contributed by atoms with Gasteiger partial charge in [0.2, 0.25) is 5.91 Å². The van der Waals surface area contributed by atoms with Crippen LogP contribution in [0.15, 0.2) is 60.7 Å². The Morgan fingerprint density at radius 1 is 1.04 bits per heavy atom. The maximum Gasteiger partial charge on any atom is 0.325 e. The van der Waals surface area contributed by atoms with Crippen LogP contribution in [0.25, 0.3) is 0 Å². The highest BCUT2D eigenvalue weighted by Gasteiger charge is 2.46. The highest BCUT2D eigenvalue weighted by atomic mass is 16.2. The van der Waals surface area contributed by atoms with E-state index in [1.165, 1.54) is 0 Å². The van der Waals surface area contributed by atoms with E-state index in [0.29, 0.717) is 5.56 Å². The normalized spacial score (nSPS) is 19.4. The molecule has 1 saturated heterocycles. The first-order valence-electron chi connectivity index (χ1n) is 8.03. The van der Waals surface area contributed by atoms with E-state index in [9.17, 15) is 14.4 Å². The van der Waals surface area contributed by atoms with Crippen LogP contribution in [-0.2, 0) is 9.59 Å². The first kappa shape index (κ1) is 16.7. The van der Waals surface area contributed by atoms with Gasteiger partial charge in [-0.2, -0.15) is 0 Å². The van der Waals surface area contributed by atoms with Crippen LogP contribution in [0.3, 0.4) is 0 Å². The summed E-state index contributed by atoms with van der Waals surface area (Å²) in [4.78, 5) is 38.3. The van der Waals surface area contributed by atoms with Gasteiger partial charge in [-0.3, -0.25) is 9.59 Å². The predicted molar refractivity (Wildman–Crippen MR) is 92.4 cm³/mol. The summed E-state index contributed by atoms with van der Waals surface area (Å²) in [6.07, 6.45) is 0. The molecule has 0 bridgehead atoms. The van der Waals surface area contributed by atoms with Crippen LogP contribution in [-0.4, -0.2) is 28.8 Å². The van der Waals surface area contributed by atoms with Crippen molar-refractivity contribution in [3.8, 4) is 0 Å². The summed E-state index contributed by atoms with van der Waals surface area (Å²) in [5.41, 5.74) is 7.04. The van der Waals surface area contributed by atoms with Crippen molar-refractivity contribution in [2.24, 2.45) is 5.73 Å². The molecule has 25 heavy (non-hydrogen) atoms. The van der Waals surface area contributed by atoms with Crippen molar-refractivity contribution in [1.82, 2.24) is 10.2 Å². The molecule has 0 aliphatic carbocycles. The zero-order valence-corrected chi connectivity index (χ0v) is 13.8. The lowest BCUT2D eigenvalue weighted by atomic mass is 9.91. The van der Waals surface area contributed by atoms with E-state index in [4.69, 9.17) is 5.73 Å². The minimum absolute atomic E-state index is 0.414. The molecular formula is C19H19N3O3. The van der Waals surface area contributed by atoms with Crippen molar-refractivity contribution in [2.75, 3.05) is 0 Å². The molecule has 1 aliphatic heterocycles. The van der Waals surface area contributed by atoms with Gasteiger partial charge in [-0.25, -0.2) is 9.69 Å². The number of imide groups is 1. The van der Waals surface area contributed by atoms with Crippen LogP contribution in [0.4, 0.5) is 4.79 Å². The Labute approximate surface area is 145 Å². The Kier molecular flexibility index (Phi) is 4.52. The summed E-state index contributed by atoms with van der Waals surface area (Å²) < 4.78 is 0. The van der Waals surface area contributed by atoms with Gasteiger partial charge >= 0.3 is 6.03 Å². The molecular weight excluding hydrogens is 318 g/mol. The molecule has 4 amide bonds. The third kappa shape index (κ3) is 3.10. The predicted octanol–water partition coefficient (Wildman–Crippen LogP) is 1.94. The molecule has 3 rings (SSSR count). The fourth-order valence-corrected chi connectivity index (χ4v) is 3.16. The van der Waals surface area contributed by atoms with Gasteiger partial charge in [0.05, 0.1) is 0 Å². The van der Waals surface area contributed by atoms with Gasteiger partial charge in [-0.1, -0.05) is 67.6 Å². The number of hydrogen-bond donors (Lipinski definition) is 2. The third-order valence-electron chi connectivity index (χ3n) is 4.47. The Balaban J connectivity index is 1.93. The number of carbonyl (C=O) groups is 3. The van der Waals surface area contributed by atoms with Crippen molar-refractivity contribution in [3.63, 3.8) is 0 Å². The number of amides is 4. The molecule has 6 nitrogen and oxygen atoms in total. The van der Waals surface area contributed by atoms with E-state index in [2.05, 4.69) is 5.32 Å². The number of nitrogens with one attached hydrogen (secondary N) is 1. The highest BCUT2D eigenvalue weighted by molar-refractivity contribution is 6.07. The Morgan fingerprint density at radius 3 is 2.16 bits per heavy atom. The number of nitrogens with two attached hydrogens (primary N) is 1. The maximum atomic E-state index is 12.8. The van der Waals surface area contributed by atoms with E-state index >= 15 is 0 Å². The third-order valence-corrected chi connectivity index (χ3v) is 4.47. The van der Waals surface area contributed by atoms with Crippen molar-refractivity contribution >= 4 is 17.8 Å². The Hall–Kier alpha value is -3.15.